The largest absolute Gasteiger partial charge is 0.507 e. The SMILES string of the molecule is CC.O=c1[nH]nc(-c2ccccc2O)n1-c1cccc2ccccc12. The fraction of sp³-hybridized carbons (Fsp3) is 0.100. The second-order valence-corrected chi connectivity index (χ2v) is 5.20. The third kappa shape index (κ3) is 2.92. The maximum absolute atomic E-state index is 12.3. The van der Waals surface area contributed by atoms with Crippen molar-refractivity contribution in [2.24, 2.45) is 0 Å². The van der Waals surface area contributed by atoms with E-state index in [-0.39, 0.29) is 11.4 Å². The maximum Gasteiger partial charge on any atom is 0.348 e. The minimum atomic E-state index is -0.348. The number of aromatic amines is 1. The van der Waals surface area contributed by atoms with Crippen LogP contribution in [0.25, 0.3) is 27.8 Å². The molecule has 0 spiro atoms. The van der Waals surface area contributed by atoms with Gasteiger partial charge in [-0.15, -0.1) is 0 Å². The Balaban J connectivity index is 0.000000880. The summed E-state index contributed by atoms with van der Waals surface area (Å²) in [6.07, 6.45) is 0. The van der Waals surface area contributed by atoms with Gasteiger partial charge in [0.05, 0.1) is 11.3 Å². The molecular formula is C20H19N3O2. The summed E-state index contributed by atoms with van der Waals surface area (Å²) in [6, 6.07) is 20.4. The van der Waals surface area contributed by atoms with Crippen LogP contribution < -0.4 is 5.69 Å². The quantitative estimate of drug-likeness (QED) is 0.580. The van der Waals surface area contributed by atoms with Gasteiger partial charge in [0.15, 0.2) is 5.82 Å². The summed E-state index contributed by atoms with van der Waals surface area (Å²) in [4.78, 5) is 12.3. The number of nitrogens with one attached hydrogen (secondary N) is 1. The van der Waals surface area contributed by atoms with Crippen molar-refractivity contribution in [1.29, 1.82) is 0 Å². The molecule has 0 bridgehead atoms. The number of fused-ring (bicyclic) bond motifs is 1. The predicted octanol–water partition coefficient (Wildman–Crippen LogP) is 4.11. The van der Waals surface area contributed by atoms with Crippen LogP contribution in [0, 0.1) is 0 Å². The second kappa shape index (κ2) is 7.05. The van der Waals surface area contributed by atoms with Crippen molar-refractivity contribution in [3.63, 3.8) is 0 Å². The molecule has 1 heterocycles. The molecular weight excluding hydrogens is 314 g/mol. The second-order valence-electron chi connectivity index (χ2n) is 5.20. The number of hydrogen-bond acceptors (Lipinski definition) is 3. The Kier molecular flexibility index (Phi) is 4.66. The van der Waals surface area contributed by atoms with Crippen molar-refractivity contribution in [2.75, 3.05) is 0 Å². The summed E-state index contributed by atoms with van der Waals surface area (Å²) in [5, 5.41) is 18.6. The molecule has 0 aliphatic rings. The van der Waals surface area contributed by atoms with E-state index in [2.05, 4.69) is 10.2 Å². The Bertz CT molecular complexity index is 1060. The van der Waals surface area contributed by atoms with Crippen molar-refractivity contribution < 1.29 is 5.11 Å². The molecule has 5 nitrogen and oxygen atoms in total. The van der Waals surface area contributed by atoms with Gasteiger partial charge in [-0.3, -0.25) is 0 Å². The van der Waals surface area contributed by atoms with E-state index in [4.69, 9.17) is 0 Å². The molecule has 5 heteroatoms. The van der Waals surface area contributed by atoms with E-state index in [9.17, 15) is 9.90 Å². The normalized spacial score (nSPS) is 10.3. The third-order valence-electron chi connectivity index (χ3n) is 3.82. The van der Waals surface area contributed by atoms with E-state index < -0.39 is 0 Å². The lowest BCUT2D eigenvalue weighted by molar-refractivity contribution is 0.476. The highest BCUT2D eigenvalue weighted by Gasteiger charge is 2.16. The molecule has 0 radical (unpaired) electrons. The van der Waals surface area contributed by atoms with Crippen LogP contribution in [0.15, 0.2) is 71.5 Å². The van der Waals surface area contributed by atoms with E-state index in [1.807, 2.05) is 56.3 Å². The highest BCUT2D eigenvalue weighted by molar-refractivity contribution is 5.90. The maximum atomic E-state index is 12.3. The van der Waals surface area contributed by atoms with Gasteiger partial charge in [-0.1, -0.05) is 62.4 Å². The molecule has 0 aliphatic heterocycles. The van der Waals surface area contributed by atoms with Gasteiger partial charge in [-0.2, -0.15) is 5.10 Å². The highest BCUT2D eigenvalue weighted by Crippen LogP contribution is 2.29. The van der Waals surface area contributed by atoms with E-state index >= 15 is 0 Å². The lowest BCUT2D eigenvalue weighted by Crippen LogP contribution is -2.16. The standard InChI is InChI=1S/C18H13N3O2.C2H6/c22-16-11-4-3-9-14(16)17-19-20-18(23)21(17)15-10-5-7-12-6-1-2-8-13(12)15;1-2/h1-11,22H,(H,20,23);1-2H3. The number of aromatic nitrogens is 3. The number of aromatic hydroxyl groups is 1. The smallest absolute Gasteiger partial charge is 0.348 e. The summed E-state index contributed by atoms with van der Waals surface area (Å²) >= 11 is 0. The van der Waals surface area contributed by atoms with Gasteiger partial charge in [0.2, 0.25) is 0 Å². The van der Waals surface area contributed by atoms with Crippen LogP contribution in [0.4, 0.5) is 0 Å². The molecule has 2 N–H and O–H groups in total. The molecule has 0 fully saturated rings. The summed E-state index contributed by atoms with van der Waals surface area (Å²) < 4.78 is 1.48. The minimum absolute atomic E-state index is 0.0768. The van der Waals surface area contributed by atoms with Crippen LogP contribution in [0.1, 0.15) is 13.8 Å². The molecule has 25 heavy (non-hydrogen) atoms. The number of phenolic OH excluding ortho intramolecular Hbond substituents is 1. The number of nitrogens with zero attached hydrogens (tertiary/aromatic N) is 2. The van der Waals surface area contributed by atoms with Gasteiger partial charge in [0.1, 0.15) is 5.75 Å². The van der Waals surface area contributed by atoms with E-state index in [1.54, 1.807) is 24.3 Å². The van der Waals surface area contributed by atoms with Crippen molar-refractivity contribution in [2.45, 2.75) is 13.8 Å². The van der Waals surface area contributed by atoms with Gasteiger partial charge >= 0.3 is 5.69 Å². The number of para-hydroxylation sites is 1. The van der Waals surface area contributed by atoms with Crippen molar-refractivity contribution >= 4 is 10.8 Å². The molecule has 126 valence electrons. The Morgan fingerprint density at radius 3 is 2.40 bits per heavy atom. The summed E-state index contributed by atoms with van der Waals surface area (Å²) in [6.45, 7) is 4.00. The first kappa shape index (κ1) is 16.5. The average molecular weight is 333 g/mol. The molecule has 0 saturated carbocycles. The van der Waals surface area contributed by atoms with Crippen LogP contribution in [0.2, 0.25) is 0 Å². The summed E-state index contributed by atoms with van der Waals surface area (Å²) in [5.41, 5.74) is 0.874. The predicted molar refractivity (Wildman–Crippen MR) is 100 cm³/mol. The molecule has 0 atom stereocenters. The number of phenols is 1. The average Bonchev–Trinajstić information content (AvgIpc) is 3.04. The molecule has 4 rings (SSSR count). The Morgan fingerprint density at radius 1 is 0.920 bits per heavy atom. The molecule has 3 aromatic carbocycles. The van der Waals surface area contributed by atoms with Gasteiger partial charge in [-0.05, 0) is 23.6 Å². The fourth-order valence-corrected chi connectivity index (χ4v) is 2.77. The molecule has 0 aliphatic carbocycles. The third-order valence-corrected chi connectivity index (χ3v) is 3.82. The molecule has 4 aromatic rings. The summed E-state index contributed by atoms with van der Waals surface area (Å²) in [5.74, 6) is 0.456. The first-order valence-electron chi connectivity index (χ1n) is 8.19. The lowest BCUT2D eigenvalue weighted by Gasteiger charge is -2.10. The number of hydrogen-bond donors (Lipinski definition) is 2. The van der Waals surface area contributed by atoms with Crippen LogP contribution in [0.3, 0.4) is 0 Å². The van der Waals surface area contributed by atoms with Crippen LogP contribution in [0.5, 0.6) is 5.75 Å². The number of H-pyrrole nitrogens is 1. The monoisotopic (exact) mass is 333 g/mol. The van der Waals surface area contributed by atoms with E-state index in [0.29, 0.717) is 11.4 Å². The van der Waals surface area contributed by atoms with Crippen molar-refractivity contribution in [3.8, 4) is 22.8 Å². The zero-order chi connectivity index (χ0) is 17.8. The van der Waals surface area contributed by atoms with E-state index in [0.717, 1.165) is 16.5 Å². The number of rotatable bonds is 2. The fourth-order valence-electron chi connectivity index (χ4n) is 2.77. The summed E-state index contributed by atoms with van der Waals surface area (Å²) in [7, 11) is 0. The van der Waals surface area contributed by atoms with Crippen molar-refractivity contribution in [1.82, 2.24) is 14.8 Å². The first-order valence-corrected chi connectivity index (χ1v) is 8.19. The van der Waals surface area contributed by atoms with Gasteiger partial charge in [0, 0.05) is 5.39 Å². The molecule has 0 saturated heterocycles. The zero-order valence-corrected chi connectivity index (χ0v) is 14.1. The van der Waals surface area contributed by atoms with Gasteiger partial charge in [-0.25, -0.2) is 14.5 Å². The Labute approximate surface area is 145 Å². The molecule has 0 unspecified atom stereocenters. The van der Waals surface area contributed by atoms with Gasteiger partial charge in [0.25, 0.3) is 0 Å². The lowest BCUT2D eigenvalue weighted by atomic mass is 10.1. The molecule has 0 amide bonds. The zero-order valence-electron chi connectivity index (χ0n) is 14.1. The van der Waals surface area contributed by atoms with Crippen LogP contribution >= 0.6 is 0 Å². The Hall–Kier alpha value is -3.34. The van der Waals surface area contributed by atoms with Crippen molar-refractivity contribution in [3.05, 3.63) is 77.2 Å². The minimum Gasteiger partial charge on any atom is -0.507 e. The topological polar surface area (TPSA) is 70.9 Å². The van der Waals surface area contributed by atoms with Crippen LogP contribution in [-0.4, -0.2) is 19.9 Å². The van der Waals surface area contributed by atoms with E-state index in [1.165, 1.54) is 4.57 Å². The highest BCUT2D eigenvalue weighted by atomic mass is 16.3. The van der Waals surface area contributed by atoms with Crippen LogP contribution in [-0.2, 0) is 0 Å². The Morgan fingerprint density at radius 2 is 1.60 bits per heavy atom. The molecule has 1 aromatic heterocycles. The number of benzene rings is 3. The van der Waals surface area contributed by atoms with Gasteiger partial charge < -0.3 is 5.11 Å². The first-order chi connectivity index (χ1) is 12.3.